The van der Waals surface area contributed by atoms with Crippen LogP contribution in [-0.4, -0.2) is 26.8 Å². The maximum absolute atomic E-state index is 12.1. The van der Waals surface area contributed by atoms with Crippen LogP contribution in [0.2, 0.25) is 0 Å². The number of benzene rings is 1. The molecule has 1 aromatic carbocycles. The molecule has 1 N–H and O–H groups in total. The molecule has 0 aliphatic heterocycles. The molecular formula is C14H17BrN2O2S2. The number of nitrogens with zero attached hydrogens (tertiary/aromatic N) is 1. The second kappa shape index (κ2) is 6.48. The number of nitrogens with one attached hydrogen (secondary N) is 1. The maximum Gasteiger partial charge on any atom is 0.242 e. The molecule has 0 amide bonds. The predicted molar refractivity (Wildman–Crippen MR) is 91.4 cm³/mol. The van der Waals surface area contributed by atoms with Crippen LogP contribution in [0.3, 0.4) is 0 Å². The maximum atomic E-state index is 12.1. The molecule has 0 aliphatic carbocycles. The number of hydrogen-bond donors (Lipinski definition) is 1. The molecule has 0 aliphatic rings. The third-order valence-corrected chi connectivity index (χ3v) is 6.70. The first-order chi connectivity index (χ1) is 9.80. The first-order valence-electron chi connectivity index (χ1n) is 6.34. The van der Waals surface area contributed by atoms with Gasteiger partial charge in [0.2, 0.25) is 10.0 Å². The number of halogens is 1. The first-order valence-corrected chi connectivity index (χ1v) is 9.45. The van der Waals surface area contributed by atoms with Crippen LogP contribution in [0.1, 0.15) is 17.8 Å². The second-order valence-corrected chi connectivity index (χ2v) is 8.86. The van der Waals surface area contributed by atoms with E-state index in [-0.39, 0.29) is 10.9 Å². The van der Waals surface area contributed by atoms with Crippen LogP contribution in [0.25, 0.3) is 0 Å². The van der Waals surface area contributed by atoms with Gasteiger partial charge in [0.05, 0.1) is 10.9 Å². The summed E-state index contributed by atoms with van der Waals surface area (Å²) in [5.74, 6) is 0. The van der Waals surface area contributed by atoms with E-state index in [0.29, 0.717) is 0 Å². The average molecular weight is 389 g/mol. The SMILES string of the molecule is CC(Nc1cccc(S(=O)(=O)N(C)C)c1)c1cc(Br)cs1. The monoisotopic (exact) mass is 388 g/mol. The predicted octanol–water partition coefficient (Wildman–Crippen LogP) is 3.93. The molecule has 0 saturated heterocycles. The van der Waals surface area contributed by atoms with Crippen molar-refractivity contribution < 1.29 is 8.42 Å². The Kier molecular flexibility index (Phi) is 5.08. The molecule has 2 rings (SSSR count). The molecule has 1 aromatic heterocycles. The second-order valence-electron chi connectivity index (χ2n) is 4.85. The topological polar surface area (TPSA) is 49.4 Å². The lowest BCUT2D eigenvalue weighted by atomic mass is 10.2. The van der Waals surface area contributed by atoms with Crippen molar-refractivity contribution in [3.8, 4) is 0 Å². The summed E-state index contributed by atoms with van der Waals surface area (Å²) < 4.78 is 26.5. The Labute approximate surface area is 138 Å². The Balaban J connectivity index is 2.22. The highest BCUT2D eigenvalue weighted by molar-refractivity contribution is 9.10. The summed E-state index contributed by atoms with van der Waals surface area (Å²) in [7, 11) is -0.349. The Bertz CT molecular complexity index is 726. The van der Waals surface area contributed by atoms with E-state index in [4.69, 9.17) is 0 Å². The molecule has 1 heterocycles. The van der Waals surface area contributed by atoms with Crippen molar-refractivity contribution in [2.24, 2.45) is 0 Å². The molecule has 0 radical (unpaired) electrons. The van der Waals surface area contributed by atoms with Crippen LogP contribution in [0.4, 0.5) is 5.69 Å². The summed E-state index contributed by atoms with van der Waals surface area (Å²) in [6, 6.07) is 9.05. The Morgan fingerprint density at radius 1 is 1.29 bits per heavy atom. The number of sulfonamides is 1. The smallest absolute Gasteiger partial charge is 0.242 e. The van der Waals surface area contributed by atoms with Gasteiger partial charge in [-0.3, -0.25) is 0 Å². The van der Waals surface area contributed by atoms with E-state index in [0.717, 1.165) is 10.2 Å². The normalized spacial score (nSPS) is 13.4. The fourth-order valence-electron chi connectivity index (χ4n) is 1.83. The molecule has 0 spiro atoms. The van der Waals surface area contributed by atoms with Crippen LogP contribution >= 0.6 is 27.3 Å². The minimum absolute atomic E-state index is 0.110. The Morgan fingerprint density at radius 2 is 2.00 bits per heavy atom. The quantitative estimate of drug-likeness (QED) is 0.843. The minimum atomic E-state index is -3.41. The third kappa shape index (κ3) is 3.85. The molecule has 0 bridgehead atoms. The summed E-state index contributed by atoms with van der Waals surface area (Å²) in [5.41, 5.74) is 0.787. The van der Waals surface area contributed by atoms with E-state index in [9.17, 15) is 8.42 Å². The fourth-order valence-corrected chi connectivity index (χ4v) is 4.23. The molecule has 2 aromatic rings. The number of hydrogen-bond acceptors (Lipinski definition) is 4. The lowest BCUT2D eigenvalue weighted by molar-refractivity contribution is 0.521. The Morgan fingerprint density at radius 3 is 2.57 bits per heavy atom. The highest BCUT2D eigenvalue weighted by atomic mass is 79.9. The number of thiophene rings is 1. The van der Waals surface area contributed by atoms with Crippen LogP contribution in [0, 0.1) is 0 Å². The van der Waals surface area contributed by atoms with Crippen molar-refractivity contribution in [1.29, 1.82) is 0 Å². The van der Waals surface area contributed by atoms with Gasteiger partial charge in [-0.15, -0.1) is 11.3 Å². The molecule has 21 heavy (non-hydrogen) atoms. The van der Waals surface area contributed by atoms with Crippen molar-refractivity contribution >= 4 is 43.0 Å². The summed E-state index contributed by atoms with van der Waals surface area (Å²) in [5, 5.41) is 5.36. The molecule has 7 heteroatoms. The molecule has 0 fully saturated rings. The standard InChI is InChI=1S/C14H17BrN2O2S2/c1-10(14-7-11(15)9-20-14)16-12-5-4-6-13(8-12)21(18,19)17(2)3/h4-10,16H,1-3H3. The average Bonchev–Trinajstić information content (AvgIpc) is 2.85. The van der Waals surface area contributed by atoms with Gasteiger partial charge in [-0.25, -0.2) is 12.7 Å². The van der Waals surface area contributed by atoms with Crippen molar-refractivity contribution in [2.75, 3.05) is 19.4 Å². The molecule has 1 atom stereocenters. The molecule has 1 unspecified atom stereocenters. The Hall–Kier alpha value is -0.890. The highest BCUT2D eigenvalue weighted by Gasteiger charge is 2.17. The number of rotatable bonds is 5. The van der Waals surface area contributed by atoms with Crippen LogP contribution in [-0.2, 0) is 10.0 Å². The molecule has 0 saturated carbocycles. The van der Waals surface area contributed by atoms with E-state index in [1.807, 2.05) is 18.4 Å². The van der Waals surface area contributed by atoms with Gasteiger partial charge in [-0.2, -0.15) is 0 Å². The molecule has 114 valence electrons. The number of anilines is 1. The van der Waals surface area contributed by atoms with Crippen molar-refractivity contribution in [2.45, 2.75) is 17.9 Å². The minimum Gasteiger partial charge on any atom is -0.378 e. The molecular weight excluding hydrogens is 372 g/mol. The van der Waals surface area contributed by atoms with Crippen molar-refractivity contribution in [1.82, 2.24) is 4.31 Å². The summed E-state index contributed by atoms with van der Waals surface area (Å²) in [6.07, 6.45) is 0. The first kappa shape index (κ1) is 16.5. The van der Waals surface area contributed by atoms with Crippen LogP contribution in [0.15, 0.2) is 45.1 Å². The summed E-state index contributed by atoms with van der Waals surface area (Å²) in [6.45, 7) is 2.05. The fraction of sp³-hybridized carbons (Fsp3) is 0.286. The zero-order valence-corrected chi connectivity index (χ0v) is 15.2. The van der Waals surface area contributed by atoms with E-state index in [1.165, 1.54) is 23.3 Å². The van der Waals surface area contributed by atoms with E-state index < -0.39 is 10.0 Å². The highest BCUT2D eigenvalue weighted by Crippen LogP contribution is 2.28. The van der Waals surface area contributed by atoms with Gasteiger partial charge in [0.15, 0.2) is 0 Å². The van der Waals surface area contributed by atoms with E-state index >= 15 is 0 Å². The molecule has 4 nitrogen and oxygen atoms in total. The van der Waals surface area contributed by atoms with Gasteiger partial charge < -0.3 is 5.32 Å². The van der Waals surface area contributed by atoms with Gasteiger partial charge in [0.25, 0.3) is 0 Å². The van der Waals surface area contributed by atoms with Gasteiger partial charge >= 0.3 is 0 Å². The third-order valence-electron chi connectivity index (χ3n) is 3.01. The van der Waals surface area contributed by atoms with Crippen molar-refractivity contribution in [3.63, 3.8) is 0 Å². The van der Waals surface area contributed by atoms with E-state index in [1.54, 1.807) is 29.5 Å². The van der Waals surface area contributed by atoms with Gasteiger partial charge in [-0.1, -0.05) is 6.07 Å². The van der Waals surface area contributed by atoms with Gasteiger partial charge in [-0.05, 0) is 47.1 Å². The summed E-state index contributed by atoms with van der Waals surface area (Å²) in [4.78, 5) is 1.47. The van der Waals surface area contributed by atoms with Crippen LogP contribution < -0.4 is 5.32 Å². The zero-order chi connectivity index (χ0) is 15.6. The zero-order valence-electron chi connectivity index (χ0n) is 12.0. The van der Waals surface area contributed by atoms with Crippen molar-refractivity contribution in [3.05, 3.63) is 45.1 Å². The summed E-state index contributed by atoms with van der Waals surface area (Å²) >= 11 is 5.09. The van der Waals surface area contributed by atoms with Gasteiger partial charge in [0, 0.05) is 34.5 Å². The largest absolute Gasteiger partial charge is 0.378 e. The van der Waals surface area contributed by atoms with E-state index in [2.05, 4.69) is 27.3 Å². The van der Waals surface area contributed by atoms with Gasteiger partial charge in [0.1, 0.15) is 0 Å². The lowest BCUT2D eigenvalue weighted by Crippen LogP contribution is -2.22. The van der Waals surface area contributed by atoms with Crippen LogP contribution in [0.5, 0.6) is 0 Å². The lowest BCUT2D eigenvalue weighted by Gasteiger charge is -2.16.